The molecule has 0 aliphatic heterocycles. The van der Waals surface area contributed by atoms with Gasteiger partial charge in [-0.05, 0) is 30.9 Å². The Morgan fingerprint density at radius 2 is 1.71 bits per heavy atom. The van der Waals surface area contributed by atoms with E-state index in [0.717, 1.165) is 27.8 Å². The predicted molar refractivity (Wildman–Crippen MR) is 92.5 cm³/mol. The van der Waals surface area contributed by atoms with E-state index in [-0.39, 0.29) is 13.2 Å². The molecule has 3 rings (SSSR count). The summed E-state index contributed by atoms with van der Waals surface area (Å²) in [5.74, 6) is 1.15. The summed E-state index contributed by atoms with van der Waals surface area (Å²) in [5.41, 5.74) is 1.86. The molecule has 5 nitrogen and oxygen atoms in total. The predicted octanol–water partition coefficient (Wildman–Crippen LogP) is 3.07. The van der Waals surface area contributed by atoms with Crippen molar-refractivity contribution >= 4 is 10.8 Å². The number of nitrogens with zero attached hydrogens (tertiary/aromatic N) is 2. The van der Waals surface area contributed by atoms with Gasteiger partial charge in [0.1, 0.15) is 25.1 Å². The van der Waals surface area contributed by atoms with Crippen LogP contribution in [0.2, 0.25) is 0 Å². The fraction of sp³-hybridized carbons (Fsp3) is 0.263. The lowest BCUT2D eigenvalue weighted by atomic mass is 10.1. The zero-order valence-electron chi connectivity index (χ0n) is 13.8. The maximum absolute atomic E-state index is 10.1. The molecule has 124 valence electrons. The number of aryl methyl sites for hydroxylation is 2. The number of hydrogen-bond acceptors (Lipinski definition) is 5. The molecule has 1 heterocycles. The fourth-order valence-electron chi connectivity index (χ4n) is 2.33. The fourth-order valence-corrected chi connectivity index (χ4v) is 2.33. The minimum absolute atomic E-state index is 0.0992. The summed E-state index contributed by atoms with van der Waals surface area (Å²) in [6.45, 7) is 4.07. The van der Waals surface area contributed by atoms with Gasteiger partial charge in [-0.3, -0.25) is 0 Å². The van der Waals surface area contributed by atoms with Crippen LogP contribution in [0, 0.1) is 13.8 Å². The van der Waals surface area contributed by atoms with Crippen LogP contribution in [0.25, 0.3) is 10.8 Å². The van der Waals surface area contributed by atoms with E-state index in [9.17, 15) is 5.11 Å². The van der Waals surface area contributed by atoms with Gasteiger partial charge in [-0.15, -0.1) is 5.10 Å². The van der Waals surface area contributed by atoms with Crippen LogP contribution in [-0.2, 0) is 0 Å². The minimum Gasteiger partial charge on any atom is -0.490 e. The second kappa shape index (κ2) is 7.27. The molecule has 0 aliphatic carbocycles. The summed E-state index contributed by atoms with van der Waals surface area (Å²) >= 11 is 0. The molecule has 1 N–H and O–H groups in total. The third kappa shape index (κ3) is 3.81. The lowest BCUT2D eigenvalue weighted by Gasteiger charge is -2.14. The van der Waals surface area contributed by atoms with E-state index < -0.39 is 6.10 Å². The number of fused-ring (bicyclic) bond motifs is 1. The molecular formula is C19H20N2O3. The largest absolute Gasteiger partial charge is 0.490 e. The molecule has 24 heavy (non-hydrogen) atoms. The van der Waals surface area contributed by atoms with Gasteiger partial charge in [0.15, 0.2) is 0 Å². The van der Waals surface area contributed by atoms with Crippen LogP contribution < -0.4 is 9.47 Å². The van der Waals surface area contributed by atoms with Crippen molar-refractivity contribution in [2.75, 3.05) is 13.2 Å². The standard InChI is InChI=1S/C19H20N2O3/c1-13-10-19(21-20-14(13)2)24-12-16(22)11-23-18-9-5-7-15-6-3-4-8-17(15)18/h3-10,16,22H,11-12H2,1-2H3. The molecule has 2 aromatic carbocycles. The van der Waals surface area contributed by atoms with Crippen molar-refractivity contribution in [2.45, 2.75) is 20.0 Å². The molecule has 0 saturated carbocycles. The van der Waals surface area contributed by atoms with Gasteiger partial charge in [-0.2, -0.15) is 5.10 Å². The van der Waals surface area contributed by atoms with Gasteiger partial charge in [0.05, 0.1) is 5.69 Å². The number of rotatable bonds is 6. The number of benzene rings is 2. The monoisotopic (exact) mass is 324 g/mol. The number of ether oxygens (including phenoxy) is 2. The highest BCUT2D eigenvalue weighted by Gasteiger charge is 2.09. The molecule has 0 radical (unpaired) electrons. The molecule has 0 fully saturated rings. The lowest BCUT2D eigenvalue weighted by Crippen LogP contribution is -2.25. The molecule has 1 atom stereocenters. The first-order valence-electron chi connectivity index (χ1n) is 7.86. The first kappa shape index (κ1) is 16.2. The van der Waals surface area contributed by atoms with Gasteiger partial charge in [-0.1, -0.05) is 36.4 Å². The lowest BCUT2D eigenvalue weighted by molar-refractivity contribution is 0.0611. The van der Waals surface area contributed by atoms with E-state index in [2.05, 4.69) is 10.2 Å². The smallest absolute Gasteiger partial charge is 0.233 e. The van der Waals surface area contributed by atoms with Crippen LogP contribution in [0.5, 0.6) is 11.6 Å². The SMILES string of the molecule is Cc1cc(OCC(O)COc2cccc3ccccc23)nnc1C. The molecular weight excluding hydrogens is 304 g/mol. The summed E-state index contributed by atoms with van der Waals surface area (Å²) in [7, 11) is 0. The molecule has 1 unspecified atom stereocenters. The van der Waals surface area contributed by atoms with Gasteiger partial charge in [-0.25, -0.2) is 0 Å². The van der Waals surface area contributed by atoms with Crippen LogP contribution in [-0.4, -0.2) is 34.6 Å². The zero-order chi connectivity index (χ0) is 16.9. The molecule has 5 heteroatoms. The maximum Gasteiger partial charge on any atom is 0.233 e. The quantitative estimate of drug-likeness (QED) is 0.755. The van der Waals surface area contributed by atoms with Crippen LogP contribution in [0.4, 0.5) is 0 Å². The highest BCUT2D eigenvalue weighted by atomic mass is 16.5. The van der Waals surface area contributed by atoms with Crippen molar-refractivity contribution in [3.63, 3.8) is 0 Å². The molecule has 0 bridgehead atoms. The van der Waals surface area contributed by atoms with Gasteiger partial charge in [0, 0.05) is 11.5 Å². The number of aromatic nitrogens is 2. The van der Waals surface area contributed by atoms with Gasteiger partial charge in [0.2, 0.25) is 5.88 Å². The maximum atomic E-state index is 10.1. The van der Waals surface area contributed by atoms with Crippen molar-refractivity contribution in [3.8, 4) is 11.6 Å². The third-order valence-corrected chi connectivity index (χ3v) is 3.81. The zero-order valence-corrected chi connectivity index (χ0v) is 13.8. The Hall–Kier alpha value is -2.66. The molecule has 0 amide bonds. The topological polar surface area (TPSA) is 64.5 Å². The van der Waals surface area contributed by atoms with Crippen molar-refractivity contribution in [1.29, 1.82) is 0 Å². The van der Waals surface area contributed by atoms with E-state index in [4.69, 9.17) is 9.47 Å². The minimum atomic E-state index is -0.757. The average Bonchev–Trinajstić information content (AvgIpc) is 2.61. The summed E-state index contributed by atoms with van der Waals surface area (Å²) in [4.78, 5) is 0. The Bertz CT molecular complexity index is 830. The van der Waals surface area contributed by atoms with E-state index in [0.29, 0.717) is 5.88 Å². The van der Waals surface area contributed by atoms with Crippen molar-refractivity contribution in [1.82, 2.24) is 10.2 Å². The summed E-state index contributed by atoms with van der Waals surface area (Å²) in [6, 6.07) is 15.6. The summed E-state index contributed by atoms with van der Waals surface area (Å²) < 4.78 is 11.2. The van der Waals surface area contributed by atoms with Crippen LogP contribution >= 0.6 is 0 Å². The average molecular weight is 324 g/mol. The second-order valence-electron chi connectivity index (χ2n) is 5.70. The van der Waals surface area contributed by atoms with Crippen LogP contribution in [0.15, 0.2) is 48.5 Å². The first-order valence-corrected chi connectivity index (χ1v) is 7.86. The third-order valence-electron chi connectivity index (χ3n) is 3.81. The normalized spacial score (nSPS) is 12.1. The highest BCUT2D eigenvalue weighted by Crippen LogP contribution is 2.25. The Labute approximate surface area is 140 Å². The number of aliphatic hydroxyl groups is 1. The van der Waals surface area contributed by atoms with E-state index in [1.54, 1.807) is 6.07 Å². The molecule has 0 saturated heterocycles. The van der Waals surface area contributed by atoms with Crippen LogP contribution in [0.1, 0.15) is 11.3 Å². The Morgan fingerprint density at radius 1 is 0.958 bits per heavy atom. The van der Waals surface area contributed by atoms with E-state index in [1.165, 1.54) is 0 Å². The molecule has 0 aliphatic rings. The molecule has 1 aromatic heterocycles. The van der Waals surface area contributed by atoms with Crippen molar-refractivity contribution < 1.29 is 14.6 Å². The van der Waals surface area contributed by atoms with Crippen molar-refractivity contribution in [3.05, 3.63) is 59.8 Å². The van der Waals surface area contributed by atoms with Gasteiger partial charge in [0.25, 0.3) is 0 Å². The Balaban J connectivity index is 1.57. The molecule has 3 aromatic rings. The summed E-state index contributed by atoms with van der Waals surface area (Å²) in [6.07, 6.45) is -0.757. The number of hydrogen-bond donors (Lipinski definition) is 1. The summed E-state index contributed by atoms with van der Waals surface area (Å²) in [5, 5.41) is 20.1. The van der Waals surface area contributed by atoms with Gasteiger partial charge < -0.3 is 14.6 Å². The van der Waals surface area contributed by atoms with Crippen molar-refractivity contribution in [2.24, 2.45) is 0 Å². The Kier molecular flexibility index (Phi) is 4.91. The molecule has 0 spiro atoms. The van der Waals surface area contributed by atoms with E-state index in [1.807, 2.05) is 56.3 Å². The second-order valence-corrected chi connectivity index (χ2v) is 5.70. The van der Waals surface area contributed by atoms with E-state index >= 15 is 0 Å². The number of aliphatic hydroxyl groups excluding tert-OH is 1. The first-order chi connectivity index (χ1) is 11.6. The van der Waals surface area contributed by atoms with Gasteiger partial charge >= 0.3 is 0 Å². The highest BCUT2D eigenvalue weighted by molar-refractivity contribution is 5.88. The van der Waals surface area contributed by atoms with Crippen LogP contribution in [0.3, 0.4) is 0 Å². The Morgan fingerprint density at radius 3 is 2.54 bits per heavy atom.